The Kier molecular flexibility index (Phi) is 7.92. The van der Waals surface area contributed by atoms with E-state index in [0.717, 1.165) is 29.6 Å². The van der Waals surface area contributed by atoms with Gasteiger partial charge in [-0.3, -0.25) is 0 Å². The van der Waals surface area contributed by atoms with Crippen molar-refractivity contribution in [3.8, 4) is 6.07 Å². The molecule has 2 saturated heterocycles. The molecule has 0 aliphatic carbocycles. The fourth-order valence-electron chi connectivity index (χ4n) is 7.08. The molecule has 2 aliphatic heterocycles. The van der Waals surface area contributed by atoms with Crippen LogP contribution in [0.15, 0.2) is 60.7 Å². The van der Waals surface area contributed by atoms with Crippen molar-refractivity contribution in [3.63, 3.8) is 0 Å². The van der Waals surface area contributed by atoms with Crippen molar-refractivity contribution in [3.05, 3.63) is 71.8 Å². The topological polar surface area (TPSA) is 23.8 Å². The fraction of sp³-hybridized carbons (Fsp3) is 0.581. The van der Waals surface area contributed by atoms with Crippen LogP contribution in [0.5, 0.6) is 0 Å². The van der Waals surface area contributed by atoms with Crippen molar-refractivity contribution < 1.29 is 4.48 Å². The molecule has 2 unspecified atom stereocenters. The molecule has 0 spiro atoms. The Bertz CT molecular complexity index is 844. The molecule has 2 aromatic carbocycles. The van der Waals surface area contributed by atoms with E-state index in [1.807, 2.05) is 0 Å². The van der Waals surface area contributed by atoms with Crippen molar-refractivity contribution in [1.29, 1.82) is 5.26 Å². The maximum atomic E-state index is 10.6. The van der Waals surface area contributed by atoms with Crippen LogP contribution in [0.25, 0.3) is 0 Å². The fourth-order valence-corrected chi connectivity index (χ4v) is 7.08. The van der Waals surface area contributed by atoms with Crippen LogP contribution in [0.1, 0.15) is 88.7 Å². The van der Waals surface area contributed by atoms with E-state index in [4.69, 9.17) is 0 Å². The average Bonchev–Trinajstić information content (AvgIpc) is 3.01. The molecule has 2 heterocycles. The minimum absolute atomic E-state index is 0.549. The lowest BCUT2D eigenvalue weighted by Gasteiger charge is -2.48. The summed E-state index contributed by atoms with van der Waals surface area (Å²) in [4.78, 5) is 0. The van der Waals surface area contributed by atoms with E-state index in [2.05, 4.69) is 80.7 Å². The van der Waals surface area contributed by atoms with Crippen LogP contribution in [0.4, 0.5) is 0 Å². The van der Waals surface area contributed by atoms with Gasteiger partial charge in [0.2, 0.25) is 0 Å². The standard InChI is InChI=1S/C31H43N2/c1-3-4-5-6-7-14-21-33(2)29-19-20-30(33)23-26(22-29)24-31(25-32,27-15-10-8-11-16-27)28-17-12-9-13-18-28/h8-13,15-18,26,29-30H,3-7,14,19-24H2,1-2H3/q+1. The molecule has 2 heteroatoms. The van der Waals surface area contributed by atoms with Crippen LogP contribution in [-0.4, -0.2) is 30.2 Å². The van der Waals surface area contributed by atoms with Gasteiger partial charge >= 0.3 is 0 Å². The monoisotopic (exact) mass is 443 g/mol. The van der Waals surface area contributed by atoms with Crippen LogP contribution in [0.3, 0.4) is 0 Å². The van der Waals surface area contributed by atoms with Gasteiger partial charge in [0.15, 0.2) is 0 Å². The maximum absolute atomic E-state index is 10.6. The Morgan fingerprint density at radius 1 is 0.818 bits per heavy atom. The first-order valence-electron chi connectivity index (χ1n) is 13.5. The quantitative estimate of drug-likeness (QED) is 0.259. The Labute approximate surface area is 202 Å². The Morgan fingerprint density at radius 3 is 1.85 bits per heavy atom. The largest absolute Gasteiger partial charge is 0.321 e. The third-order valence-electron chi connectivity index (χ3n) is 9.02. The van der Waals surface area contributed by atoms with Gasteiger partial charge in [-0.25, -0.2) is 0 Å². The second-order valence-electron chi connectivity index (χ2n) is 11.0. The lowest BCUT2D eigenvalue weighted by Crippen LogP contribution is -2.58. The zero-order chi connectivity index (χ0) is 23.2. The Morgan fingerprint density at radius 2 is 1.33 bits per heavy atom. The lowest BCUT2D eigenvalue weighted by molar-refractivity contribution is -0.949. The van der Waals surface area contributed by atoms with Gasteiger partial charge in [0.25, 0.3) is 0 Å². The molecular weight excluding hydrogens is 400 g/mol. The Balaban J connectivity index is 1.47. The highest BCUT2D eigenvalue weighted by Gasteiger charge is 2.52. The zero-order valence-electron chi connectivity index (χ0n) is 20.9. The summed E-state index contributed by atoms with van der Waals surface area (Å²) >= 11 is 0. The van der Waals surface area contributed by atoms with Crippen LogP contribution in [0, 0.1) is 17.2 Å². The minimum Gasteiger partial charge on any atom is -0.321 e. The number of quaternary nitrogens is 1. The first-order valence-corrected chi connectivity index (χ1v) is 13.5. The van der Waals surface area contributed by atoms with E-state index in [0.29, 0.717) is 5.92 Å². The van der Waals surface area contributed by atoms with E-state index in [1.165, 1.54) is 75.2 Å². The van der Waals surface area contributed by atoms with E-state index in [1.54, 1.807) is 0 Å². The summed E-state index contributed by atoms with van der Waals surface area (Å²) in [5, 5.41) is 10.6. The van der Waals surface area contributed by atoms with Crippen LogP contribution in [0.2, 0.25) is 0 Å². The molecule has 0 aromatic heterocycles. The predicted molar refractivity (Wildman–Crippen MR) is 138 cm³/mol. The van der Waals surface area contributed by atoms with Crippen molar-refractivity contribution in [2.45, 2.75) is 95.1 Å². The number of hydrogen-bond donors (Lipinski definition) is 0. The predicted octanol–water partition coefficient (Wildman–Crippen LogP) is 7.63. The summed E-state index contributed by atoms with van der Waals surface area (Å²) in [5.74, 6) is 0.623. The summed E-state index contributed by atoms with van der Waals surface area (Å²) in [7, 11) is 2.55. The highest BCUT2D eigenvalue weighted by Crippen LogP contribution is 2.48. The van der Waals surface area contributed by atoms with E-state index in [9.17, 15) is 5.26 Å². The smallest absolute Gasteiger partial charge is 0.107 e. The second kappa shape index (κ2) is 10.9. The van der Waals surface area contributed by atoms with E-state index >= 15 is 0 Å². The summed E-state index contributed by atoms with van der Waals surface area (Å²) in [6.45, 7) is 3.65. The number of benzene rings is 2. The molecular formula is C31H43N2+. The van der Waals surface area contributed by atoms with Crippen LogP contribution in [-0.2, 0) is 5.41 Å². The van der Waals surface area contributed by atoms with Crippen molar-refractivity contribution in [1.82, 2.24) is 0 Å². The Hall–Kier alpha value is -2.11. The minimum atomic E-state index is -0.549. The molecule has 2 aromatic rings. The first kappa shape index (κ1) is 24.0. The van der Waals surface area contributed by atoms with Gasteiger partial charge in [-0.15, -0.1) is 0 Å². The lowest BCUT2D eigenvalue weighted by atomic mass is 9.67. The number of nitrogens with zero attached hydrogens (tertiary/aromatic N) is 2. The van der Waals surface area contributed by atoms with Crippen LogP contribution >= 0.6 is 0 Å². The molecule has 176 valence electrons. The number of nitriles is 1. The molecule has 0 radical (unpaired) electrons. The summed E-state index contributed by atoms with van der Waals surface area (Å²) in [5.41, 5.74) is 1.76. The summed E-state index contributed by atoms with van der Waals surface area (Å²) < 4.78 is 1.31. The summed E-state index contributed by atoms with van der Waals surface area (Å²) in [6.07, 6.45) is 14.6. The molecule has 2 bridgehead atoms. The molecule has 2 nitrogen and oxygen atoms in total. The van der Waals surface area contributed by atoms with Gasteiger partial charge in [-0.2, -0.15) is 5.26 Å². The highest BCUT2D eigenvalue weighted by atomic mass is 15.4. The van der Waals surface area contributed by atoms with E-state index < -0.39 is 5.41 Å². The molecule has 0 saturated carbocycles. The normalized spacial score (nSPS) is 26.8. The zero-order valence-corrected chi connectivity index (χ0v) is 20.9. The average molecular weight is 444 g/mol. The molecule has 4 rings (SSSR count). The maximum Gasteiger partial charge on any atom is 0.107 e. The molecule has 2 fully saturated rings. The number of fused-ring (bicyclic) bond motifs is 2. The van der Waals surface area contributed by atoms with Gasteiger partial charge in [-0.1, -0.05) is 93.3 Å². The SMILES string of the molecule is CCCCCCCC[N+]1(C)C2CCC1CC(CC(C#N)(c1ccccc1)c1ccccc1)C2. The number of unbranched alkanes of at least 4 members (excludes halogenated alkanes) is 5. The van der Waals surface area contributed by atoms with Crippen molar-refractivity contribution in [2.75, 3.05) is 13.6 Å². The summed E-state index contributed by atoms with van der Waals surface area (Å²) in [6, 6.07) is 25.5. The molecule has 33 heavy (non-hydrogen) atoms. The molecule has 0 amide bonds. The van der Waals surface area contributed by atoms with E-state index in [-0.39, 0.29) is 0 Å². The third kappa shape index (κ3) is 5.04. The number of hydrogen-bond acceptors (Lipinski definition) is 1. The van der Waals surface area contributed by atoms with Crippen molar-refractivity contribution >= 4 is 0 Å². The van der Waals surface area contributed by atoms with Crippen LogP contribution < -0.4 is 0 Å². The van der Waals surface area contributed by atoms with Crippen molar-refractivity contribution in [2.24, 2.45) is 5.92 Å². The van der Waals surface area contributed by atoms with Gasteiger partial charge in [0, 0.05) is 25.7 Å². The number of piperidine rings is 1. The van der Waals surface area contributed by atoms with Gasteiger partial charge in [0.05, 0.1) is 31.7 Å². The van der Waals surface area contributed by atoms with Gasteiger partial charge < -0.3 is 4.48 Å². The second-order valence-corrected chi connectivity index (χ2v) is 11.0. The first-order chi connectivity index (χ1) is 16.1. The molecule has 2 aliphatic rings. The molecule has 0 N–H and O–H groups in total. The highest BCUT2D eigenvalue weighted by molar-refractivity contribution is 5.45. The van der Waals surface area contributed by atoms with Gasteiger partial charge in [-0.05, 0) is 36.3 Å². The number of rotatable bonds is 11. The molecule has 2 atom stereocenters. The third-order valence-corrected chi connectivity index (χ3v) is 9.02. The van der Waals surface area contributed by atoms with Gasteiger partial charge in [0.1, 0.15) is 5.41 Å².